The van der Waals surface area contributed by atoms with Crippen LogP contribution >= 0.6 is 0 Å². The molecule has 0 radical (unpaired) electrons. The van der Waals surface area contributed by atoms with E-state index in [1.807, 2.05) is 18.2 Å². The molecule has 0 saturated carbocycles. The molecule has 1 atom stereocenters. The molecule has 0 aliphatic carbocycles. The summed E-state index contributed by atoms with van der Waals surface area (Å²) in [4.78, 5) is 21.0. The zero-order valence-electron chi connectivity index (χ0n) is 18.8. The molecule has 33 heavy (non-hydrogen) atoms. The van der Waals surface area contributed by atoms with E-state index >= 15 is 0 Å². The first-order chi connectivity index (χ1) is 16.2. The van der Waals surface area contributed by atoms with Crippen molar-refractivity contribution >= 4 is 17.1 Å². The van der Waals surface area contributed by atoms with Gasteiger partial charge in [0.15, 0.2) is 17.1 Å². The summed E-state index contributed by atoms with van der Waals surface area (Å²) in [6.45, 7) is 3.63. The Kier molecular flexibility index (Phi) is 6.03. The number of hydrogen-bond acceptors (Lipinski definition) is 8. The van der Waals surface area contributed by atoms with Gasteiger partial charge in [-0.1, -0.05) is 0 Å². The molecule has 0 bridgehead atoms. The van der Waals surface area contributed by atoms with Crippen LogP contribution in [0.25, 0.3) is 22.4 Å². The van der Waals surface area contributed by atoms with Crippen LogP contribution in [0.2, 0.25) is 0 Å². The van der Waals surface area contributed by atoms with Gasteiger partial charge in [-0.3, -0.25) is 0 Å². The lowest BCUT2D eigenvalue weighted by atomic mass is 10.1. The molecule has 1 aromatic carbocycles. The van der Waals surface area contributed by atoms with E-state index in [0.29, 0.717) is 34.7 Å². The summed E-state index contributed by atoms with van der Waals surface area (Å²) in [6, 6.07) is 10.1. The summed E-state index contributed by atoms with van der Waals surface area (Å²) in [5, 5.41) is 3.49. The number of rotatable bonds is 7. The van der Waals surface area contributed by atoms with Crippen LogP contribution in [-0.4, -0.2) is 64.4 Å². The van der Waals surface area contributed by atoms with Crippen LogP contribution in [0.5, 0.6) is 11.5 Å². The number of piperazine rings is 1. The molecule has 1 saturated heterocycles. The number of aromatic nitrogens is 5. The summed E-state index contributed by atoms with van der Waals surface area (Å²) in [5.41, 5.74) is 2.86. The number of methoxy groups -OCH3 is 2. The predicted molar refractivity (Wildman–Crippen MR) is 127 cm³/mol. The van der Waals surface area contributed by atoms with Crippen LogP contribution < -0.4 is 19.7 Å². The van der Waals surface area contributed by atoms with Crippen LogP contribution in [0.3, 0.4) is 0 Å². The molecular formula is C24H27N7O2. The molecule has 1 unspecified atom stereocenters. The van der Waals surface area contributed by atoms with Crippen molar-refractivity contribution in [2.45, 2.75) is 19.0 Å². The average Bonchev–Trinajstić information content (AvgIpc) is 3.40. The minimum absolute atomic E-state index is 0.317. The number of hydrogen-bond donors (Lipinski definition) is 1. The van der Waals surface area contributed by atoms with Gasteiger partial charge in [0.1, 0.15) is 5.52 Å². The van der Waals surface area contributed by atoms with Crippen molar-refractivity contribution in [3.63, 3.8) is 0 Å². The standard InChI is InChI=1S/C24H27N7O2/c1-32-21-6-5-17(13-22(21)33-2)19-15-26-23-20(28-19)16-27-24(29-23)31-12-8-25-14-18(31)7-11-30-9-3-4-10-30/h3-6,9-10,13,15-16,18,25H,7-8,11-12,14H2,1-2H3. The zero-order valence-corrected chi connectivity index (χ0v) is 18.8. The Morgan fingerprint density at radius 1 is 1.03 bits per heavy atom. The maximum absolute atomic E-state index is 5.41. The van der Waals surface area contributed by atoms with Crippen LogP contribution in [0.15, 0.2) is 55.1 Å². The second kappa shape index (κ2) is 9.41. The molecule has 1 aliphatic rings. The van der Waals surface area contributed by atoms with E-state index in [1.165, 1.54) is 0 Å². The Labute approximate surface area is 192 Å². The first-order valence-corrected chi connectivity index (χ1v) is 11.1. The Balaban J connectivity index is 1.39. The van der Waals surface area contributed by atoms with Crippen molar-refractivity contribution in [2.75, 3.05) is 38.8 Å². The molecule has 9 heteroatoms. The lowest BCUT2D eigenvalue weighted by Gasteiger charge is -2.36. The maximum Gasteiger partial charge on any atom is 0.227 e. The molecule has 1 aliphatic heterocycles. The Bertz CT molecular complexity index is 1230. The first kappa shape index (κ1) is 21.1. The van der Waals surface area contributed by atoms with E-state index in [2.05, 4.69) is 49.3 Å². The normalized spacial score (nSPS) is 16.2. The Morgan fingerprint density at radius 3 is 2.70 bits per heavy atom. The van der Waals surface area contributed by atoms with Gasteiger partial charge in [0, 0.05) is 50.2 Å². The number of anilines is 1. The van der Waals surface area contributed by atoms with Gasteiger partial charge >= 0.3 is 0 Å². The number of aryl methyl sites for hydroxylation is 1. The van der Waals surface area contributed by atoms with Crippen molar-refractivity contribution in [3.8, 4) is 22.8 Å². The molecule has 170 valence electrons. The van der Waals surface area contributed by atoms with E-state index in [4.69, 9.17) is 19.4 Å². The molecule has 3 aromatic heterocycles. The quantitative estimate of drug-likeness (QED) is 0.464. The van der Waals surface area contributed by atoms with Gasteiger partial charge in [-0.15, -0.1) is 0 Å². The summed E-state index contributed by atoms with van der Waals surface area (Å²) >= 11 is 0. The minimum atomic E-state index is 0.317. The van der Waals surface area contributed by atoms with Crippen molar-refractivity contribution < 1.29 is 9.47 Å². The molecule has 0 amide bonds. The smallest absolute Gasteiger partial charge is 0.227 e. The second-order valence-corrected chi connectivity index (χ2v) is 7.96. The number of nitrogens with zero attached hydrogens (tertiary/aromatic N) is 6. The monoisotopic (exact) mass is 445 g/mol. The van der Waals surface area contributed by atoms with Gasteiger partial charge in [0.25, 0.3) is 0 Å². The fourth-order valence-corrected chi connectivity index (χ4v) is 4.18. The highest BCUT2D eigenvalue weighted by molar-refractivity contribution is 5.74. The molecule has 1 N–H and O–H groups in total. The maximum atomic E-state index is 5.41. The van der Waals surface area contributed by atoms with Gasteiger partial charge in [0.2, 0.25) is 5.95 Å². The summed E-state index contributed by atoms with van der Waals surface area (Å²) in [7, 11) is 3.23. The van der Waals surface area contributed by atoms with Crippen molar-refractivity contribution in [1.82, 2.24) is 29.8 Å². The fraction of sp³-hybridized carbons (Fsp3) is 0.333. The number of fused-ring (bicyclic) bond motifs is 1. The third-order valence-corrected chi connectivity index (χ3v) is 5.96. The average molecular weight is 446 g/mol. The minimum Gasteiger partial charge on any atom is -0.493 e. The van der Waals surface area contributed by atoms with E-state index in [0.717, 1.165) is 43.9 Å². The highest BCUT2D eigenvalue weighted by atomic mass is 16.5. The SMILES string of the molecule is COc1ccc(-c2cnc3nc(N4CCNCC4CCn4cccc4)ncc3n2)cc1OC. The third-order valence-electron chi connectivity index (χ3n) is 5.96. The number of ether oxygens (including phenoxy) is 2. The second-order valence-electron chi connectivity index (χ2n) is 7.96. The number of benzene rings is 1. The van der Waals surface area contributed by atoms with Gasteiger partial charge in [-0.05, 0) is 36.8 Å². The van der Waals surface area contributed by atoms with E-state index in [-0.39, 0.29) is 0 Å². The van der Waals surface area contributed by atoms with Gasteiger partial charge < -0.3 is 24.3 Å². The lowest BCUT2D eigenvalue weighted by molar-refractivity contribution is 0.355. The topological polar surface area (TPSA) is 90.2 Å². The van der Waals surface area contributed by atoms with E-state index in [1.54, 1.807) is 26.6 Å². The molecule has 0 spiro atoms. The highest BCUT2D eigenvalue weighted by Crippen LogP contribution is 2.31. The molecule has 9 nitrogen and oxygen atoms in total. The van der Waals surface area contributed by atoms with Crippen molar-refractivity contribution in [3.05, 3.63) is 55.1 Å². The van der Waals surface area contributed by atoms with E-state index < -0.39 is 0 Å². The third kappa shape index (κ3) is 4.45. The molecule has 1 fully saturated rings. The van der Waals surface area contributed by atoms with Crippen LogP contribution in [-0.2, 0) is 6.54 Å². The van der Waals surface area contributed by atoms with Crippen LogP contribution in [0.1, 0.15) is 6.42 Å². The van der Waals surface area contributed by atoms with E-state index in [9.17, 15) is 0 Å². The van der Waals surface area contributed by atoms with Gasteiger partial charge in [-0.25, -0.2) is 15.0 Å². The van der Waals surface area contributed by atoms with Gasteiger partial charge in [-0.2, -0.15) is 4.98 Å². The summed E-state index contributed by atoms with van der Waals surface area (Å²) in [5.74, 6) is 2.02. The predicted octanol–water partition coefficient (Wildman–Crippen LogP) is 2.77. The number of nitrogens with one attached hydrogen (secondary N) is 1. The van der Waals surface area contributed by atoms with Crippen molar-refractivity contribution in [1.29, 1.82) is 0 Å². The zero-order chi connectivity index (χ0) is 22.6. The Hall–Kier alpha value is -3.72. The fourth-order valence-electron chi connectivity index (χ4n) is 4.18. The lowest BCUT2D eigenvalue weighted by Crippen LogP contribution is -2.52. The molecule has 4 heterocycles. The largest absolute Gasteiger partial charge is 0.493 e. The molecule has 5 rings (SSSR count). The summed E-state index contributed by atoms with van der Waals surface area (Å²) < 4.78 is 12.9. The molecular weight excluding hydrogens is 418 g/mol. The summed E-state index contributed by atoms with van der Waals surface area (Å²) in [6.07, 6.45) is 8.70. The molecule has 4 aromatic rings. The highest BCUT2D eigenvalue weighted by Gasteiger charge is 2.24. The van der Waals surface area contributed by atoms with Crippen LogP contribution in [0, 0.1) is 0 Å². The first-order valence-electron chi connectivity index (χ1n) is 11.1. The van der Waals surface area contributed by atoms with Crippen LogP contribution in [0.4, 0.5) is 5.95 Å². The van der Waals surface area contributed by atoms with Gasteiger partial charge in [0.05, 0.1) is 32.3 Å². The Morgan fingerprint density at radius 2 is 1.88 bits per heavy atom. The van der Waals surface area contributed by atoms with Crippen molar-refractivity contribution in [2.24, 2.45) is 0 Å².